The molecule has 1 unspecified atom stereocenters. The lowest BCUT2D eigenvalue weighted by Crippen LogP contribution is -2.38. The van der Waals surface area contributed by atoms with Crippen LogP contribution in [-0.2, 0) is 0 Å². The molecule has 1 amide bonds. The lowest BCUT2D eigenvalue weighted by molar-refractivity contribution is 0.0935. The standard InChI is InChI=1S/C37H40N2O8/c1-23-8-13-28-27(18-23)37(40)39-36(38-28)26-12-15-30(31(22-26)42-3)46-16-7-17-47-32-19-24(11-14-29(32)41-2)9-10-25-20-33(43-4)35(45-6)34(21-25)44-5/h8-15,18-22,36,38H,7,16-17H2,1-6H3,(H,39,40). The average molecular weight is 641 g/mol. The minimum atomic E-state index is -0.392. The summed E-state index contributed by atoms with van der Waals surface area (Å²) < 4.78 is 39.6. The van der Waals surface area contributed by atoms with Gasteiger partial charge in [-0.3, -0.25) is 4.79 Å². The van der Waals surface area contributed by atoms with Gasteiger partial charge in [0.15, 0.2) is 34.5 Å². The van der Waals surface area contributed by atoms with Crippen LogP contribution in [0.2, 0.25) is 0 Å². The van der Waals surface area contributed by atoms with Gasteiger partial charge in [0.05, 0.1) is 54.3 Å². The molecule has 0 aromatic heterocycles. The molecule has 0 fully saturated rings. The van der Waals surface area contributed by atoms with E-state index in [2.05, 4.69) is 10.6 Å². The van der Waals surface area contributed by atoms with Gasteiger partial charge < -0.3 is 43.8 Å². The zero-order chi connectivity index (χ0) is 33.3. The summed E-state index contributed by atoms with van der Waals surface area (Å²) in [6.07, 6.45) is 4.16. The summed E-state index contributed by atoms with van der Waals surface area (Å²) in [5.41, 5.74) is 5.12. The first kappa shape index (κ1) is 32.9. The topological polar surface area (TPSA) is 106 Å². The number of nitrogens with one attached hydrogen (secondary N) is 2. The van der Waals surface area contributed by atoms with Crippen LogP contribution in [0.1, 0.15) is 45.2 Å². The molecule has 1 aliphatic rings. The van der Waals surface area contributed by atoms with E-state index in [9.17, 15) is 4.79 Å². The van der Waals surface area contributed by atoms with E-state index in [1.165, 1.54) is 0 Å². The lowest BCUT2D eigenvalue weighted by atomic mass is 10.0. The fourth-order valence-electron chi connectivity index (χ4n) is 5.24. The van der Waals surface area contributed by atoms with Crippen LogP contribution in [0.15, 0.2) is 66.7 Å². The molecule has 0 spiro atoms. The predicted molar refractivity (Wildman–Crippen MR) is 182 cm³/mol. The predicted octanol–water partition coefficient (Wildman–Crippen LogP) is 6.91. The molecule has 246 valence electrons. The summed E-state index contributed by atoms with van der Waals surface area (Å²) in [4.78, 5) is 12.7. The van der Waals surface area contributed by atoms with Gasteiger partial charge in [0, 0.05) is 12.1 Å². The number of hydrogen-bond donors (Lipinski definition) is 2. The van der Waals surface area contributed by atoms with Crippen molar-refractivity contribution in [2.45, 2.75) is 19.5 Å². The molecule has 1 atom stereocenters. The van der Waals surface area contributed by atoms with Crippen LogP contribution >= 0.6 is 0 Å². The van der Waals surface area contributed by atoms with Gasteiger partial charge in [0.25, 0.3) is 5.91 Å². The first-order valence-corrected chi connectivity index (χ1v) is 15.1. The molecule has 10 heteroatoms. The minimum absolute atomic E-state index is 0.122. The highest BCUT2D eigenvalue weighted by Gasteiger charge is 2.25. The molecule has 10 nitrogen and oxygen atoms in total. The molecule has 4 aromatic carbocycles. The number of carbonyl (C=O) groups is 1. The van der Waals surface area contributed by atoms with Gasteiger partial charge in [-0.15, -0.1) is 0 Å². The number of fused-ring (bicyclic) bond motifs is 1. The zero-order valence-electron chi connectivity index (χ0n) is 27.5. The van der Waals surface area contributed by atoms with E-state index in [-0.39, 0.29) is 5.91 Å². The van der Waals surface area contributed by atoms with Crippen molar-refractivity contribution < 1.29 is 38.0 Å². The second-order valence-corrected chi connectivity index (χ2v) is 10.8. The average Bonchev–Trinajstić information content (AvgIpc) is 3.10. The summed E-state index contributed by atoms with van der Waals surface area (Å²) >= 11 is 0. The van der Waals surface area contributed by atoms with Gasteiger partial charge in [0.1, 0.15) is 6.17 Å². The van der Waals surface area contributed by atoms with Crippen molar-refractivity contribution in [2.75, 3.05) is 54.1 Å². The van der Waals surface area contributed by atoms with Crippen LogP contribution in [0.3, 0.4) is 0 Å². The summed E-state index contributed by atoms with van der Waals surface area (Å²) in [6, 6.07) is 20.9. The Morgan fingerprint density at radius 1 is 0.617 bits per heavy atom. The SMILES string of the molecule is COc1cc(C2NC(=O)c3cc(C)ccc3N2)ccc1OCCCOc1cc(C=Cc2cc(OC)c(OC)c(OC)c2)ccc1OC. The van der Waals surface area contributed by atoms with Crippen LogP contribution in [0.4, 0.5) is 5.69 Å². The van der Waals surface area contributed by atoms with Crippen molar-refractivity contribution in [3.8, 4) is 40.2 Å². The molecule has 5 rings (SSSR count). The third kappa shape index (κ3) is 7.66. The van der Waals surface area contributed by atoms with Gasteiger partial charge in [-0.1, -0.05) is 35.9 Å². The highest BCUT2D eigenvalue weighted by atomic mass is 16.5. The fourth-order valence-corrected chi connectivity index (χ4v) is 5.24. The quantitative estimate of drug-likeness (QED) is 0.112. The van der Waals surface area contributed by atoms with Crippen LogP contribution in [0.5, 0.6) is 40.2 Å². The van der Waals surface area contributed by atoms with Crippen LogP contribution < -0.4 is 43.8 Å². The first-order valence-electron chi connectivity index (χ1n) is 15.1. The van der Waals surface area contributed by atoms with E-state index in [0.29, 0.717) is 65.4 Å². The number of methoxy groups -OCH3 is 5. The maximum atomic E-state index is 12.7. The van der Waals surface area contributed by atoms with Crippen molar-refractivity contribution in [3.63, 3.8) is 0 Å². The zero-order valence-corrected chi connectivity index (χ0v) is 27.5. The molecule has 47 heavy (non-hydrogen) atoms. The van der Waals surface area contributed by atoms with Crippen molar-refractivity contribution in [3.05, 3.63) is 94.5 Å². The molecule has 1 aliphatic heterocycles. The Morgan fingerprint density at radius 2 is 1.26 bits per heavy atom. The Bertz CT molecular complexity index is 1730. The molecular weight excluding hydrogens is 600 g/mol. The molecule has 0 bridgehead atoms. The van der Waals surface area contributed by atoms with E-state index in [1.807, 2.05) is 85.8 Å². The highest BCUT2D eigenvalue weighted by molar-refractivity contribution is 6.01. The summed E-state index contributed by atoms with van der Waals surface area (Å²) in [7, 11) is 7.96. The Kier molecular flexibility index (Phi) is 10.6. The van der Waals surface area contributed by atoms with Crippen molar-refractivity contribution in [1.29, 1.82) is 0 Å². The Balaban J connectivity index is 1.18. The van der Waals surface area contributed by atoms with E-state index in [1.54, 1.807) is 35.5 Å². The third-order valence-corrected chi connectivity index (χ3v) is 7.66. The number of anilines is 1. The Labute approximate surface area is 275 Å². The highest BCUT2D eigenvalue weighted by Crippen LogP contribution is 2.39. The van der Waals surface area contributed by atoms with Gasteiger partial charge in [0.2, 0.25) is 5.75 Å². The fraction of sp³-hybridized carbons (Fsp3) is 0.270. The number of amides is 1. The maximum absolute atomic E-state index is 12.7. The van der Waals surface area contributed by atoms with E-state index >= 15 is 0 Å². The number of ether oxygens (including phenoxy) is 7. The van der Waals surface area contributed by atoms with Crippen LogP contribution in [0.25, 0.3) is 12.2 Å². The van der Waals surface area contributed by atoms with E-state index in [0.717, 1.165) is 27.9 Å². The van der Waals surface area contributed by atoms with Gasteiger partial charge in [-0.2, -0.15) is 0 Å². The summed E-state index contributed by atoms with van der Waals surface area (Å²) in [5.74, 6) is 4.01. The summed E-state index contributed by atoms with van der Waals surface area (Å²) in [6.45, 7) is 2.78. The number of hydrogen-bond acceptors (Lipinski definition) is 9. The van der Waals surface area contributed by atoms with E-state index in [4.69, 9.17) is 33.2 Å². The summed E-state index contributed by atoms with van der Waals surface area (Å²) in [5, 5.41) is 6.40. The molecule has 0 saturated carbocycles. The molecule has 4 aromatic rings. The van der Waals surface area contributed by atoms with Gasteiger partial charge in [-0.05, 0) is 72.1 Å². The number of carbonyl (C=O) groups excluding carboxylic acids is 1. The van der Waals surface area contributed by atoms with Crippen LogP contribution in [0, 0.1) is 6.92 Å². The number of benzene rings is 4. The molecule has 0 aliphatic carbocycles. The first-order chi connectivity index (χ1) is 22.9. The Morgan fingerprint density at radius 3 is 1.94 bits per heavy atom. The Hall–Kier alpha value is -5.51. The third-order valence-electron chi connectivity index (χ3n) is 7.66. The molecule has 0 radical (unpaired) electrons. The number of rotatable bonds is 14. The molecule has 0 saturated heterocycles. The largest absolute Gasteiger partial charge is 0.493 e. The molecule has 2 N–H and O–H groups in total. The minimum Gasteiger partial charge on any atom is -0.493 e. The van der Waals surface area contributed by atoms with Crippen molar-refractivity contribution in [1.82, 2.24) is 5.32 Å². The second kappa shape index (κ2) is 15.2. The second-order valence-electron chi connectivity index (χ2n) is 10.8. The van der Waals surface area contributed by atoms with Crippen molar-refractivity contribution >= 4 is 23.7 Å². The van der Waals surface area contributed by atoms with Crippen LogP contribution in [-0.4, -0.2) is 54.7 Å². The van der Waals surface area contributed by atoms with Crippen molar-refractivity contribution in [2.24, 2.45) is 0 Å². The monoisotopic (exact) mass is 640 g/mol. The molecule has 1 heterocycles. The smallest absolute Gasteiger partial charge is 0.255 e. The van der Waals surface area contributed by atoms with E-state index < -0.39 is 6.17 Å². The lowest BCUT2D eigenvalue weighted by Gasteiger charge is -2.28. The maximum Gasteiger partial charge on any atom is 0.255 e. The number of aryl methyl sites for hydroxylation is 1. The normalized spacial score (nSPS) is 13.7. The van der Waals surface area contributed by atoms with Gasteiger partial charge in [-0.25, -0.2) is 0 Å². The molecular formula is C37H40N2O8. The van der Waals surface area contributed by atoms with Gasteiger partial charge >= 0.3 is 0 Å².